The average molecular weight is 180 g/mol. The molecule has 0 aromatic carbocycles. The molecule has 0 amide bonds. The summed E-state index contributed by atoms with van der Waals surface area (Å²) < 4.78 is 0. The van der Waals surface area contributed by atoms with Crippen LogP contribution in [0.3, 0.4) is 0 Å². The van der Waals surface area contributed by atoms with Gasteiger partial charge in [0.25, 0.3) is 0 Å². The summed E-state index contributed by atoms with van der Waals surface area (Å²) in [4.78, 5) is 11.0. The van der Waals surface area contributed by atoms with E-state index in [0.29, 0.717) is 5.41 Å². The number of rotatable bonds is 3. The van der Waals surface area contributed by atoms with Gasteiger partial charge in [-0.1, -0.05) is 19.9 Å². The van der Waals surface area contributed by atoms with Gasteiger partial charge in [-0.05, 0) is 37.5 Å². The first-order valence-electron chi connectivity index (χ1n) is 5.11. The van der Waals surface area contributed by atoms with Gasteiger partial charge < -0.3 is 4.79 Å². The lowest BCUT2D eigenvalue weighted by Gasteiger charge is -2.39. The maximum atomic E-state index is 11.0. The maximum absolute atomic E-state index is 11.0. The van der Waals surface area contributed by atoms with Crippen molar-refractivity contribution in [3.05, 3.63) is 12.7 Å². The summed E-state index contributed by atoms with van der Waals surface area (Å²) in [5.41, 5.74) is 0.366. The summed E-state index contributed by atoms with van der Waals surface area (Å²) in [6, 6.07) is 0. The molecule has 74 valence electrons. The van der Waals surface area contributed by atoms with E-state index >= 15 is 0 Å². The molecular formula is C12H20O. The minimum atomic E-state index is -0.0722. The average Bonchev–Trinajstić information content (AvgIpc) is 2.10. The minimum absolute atomic E-state index is 0.0722. The summed E-state index contributed by atoms with van der Waals surface area (Å²) in [5.74, 6) is 0. The molecule has 0 N–H and O–H groups in total. The van der Waals surface area contributed by atoms with Crippen LogP contribution in [0, 0.1) is 10.8 Å². The fraction of sp³-hybridized carbons (Fsp3) is 0.750. The minimum Gasteiger partial charge on any atom is -0.303 e. The van der Waals surface area contributed by atoms with Gasteiger partial charge >= 0.3 is 0 Å². The Kier molecular flexibility index (Phi) is 2.94. The van der Waals surface area contributed by atoms with Crippen LogP contribution in [-0.4, -0.2) is 6.29 Å². The van der Waals surface area contributed by atoms with Crippen LogP contribution in [0.2, 0.25) is 0 Å². The van der Waals surface area contributed by atoms with Gasteiger partial charge in [0.15, 0.2) is 0 Å². The van der Waals surface area contributed by atoms with E-state index in [0.717, 1.165) is 25.5 Å². The molecule has 1 nitrogen and oxygen atoms in total. The van der Waals surface area contributed by atoms with E-state index in [1.54, 1.807) is 0 Å². The lowest BCUT2D eigenvalue weighted by Crippen LogP contribution is -2.32. The molecule has 1 rings (SSSR count). The van der Waals surface area contributed by atoms with Gasteiger partial charge in [-0.3, -0.25) is 0 Å². The highest BCUT2D eigenvalue weighted by molar-refractivity contribution is 5.60. The summed E-state index contributed by atoms with van der Waals surface area (Å²) in [6.45, 7) is 8.30. The molecule has 1 aliphatic rings. The van der Waals surface area contributed by atoms with Crippen LogP contribution in [0.1, 0.15) is 46.0 Å². The summed E-state index contributed by atoms with van der Waals surface area (Å²) in [6.07, 6.45) is 8.30. The molecule has 1 aliphatic carbocycles. The van der Waals surface area contributed by atoms with Crippen molar-refractivity contribution in [1.82, 2.24) is 0 Å². The molecule has 0 heterocycles. The van der Waals surface area contributed by atoms with Crippen LogP contribution in [0.15, 0.2) is 12.7 Å². The van der Waals surface area contributed by atoms with E-state index in [1.807, 2.05) is 6.08 Å². The van der Waals surface area contributed by atoms with Gasteiger partial charge in [-0.15, -0.1) is 6.58 Å². The fourth-order valence-corrected chi connectivity index (χ4v) is 2.08. The number of aldehydes is 1. The first kappa shape index (κ1) is 10.5. The van der Waals surface area contributed by atoms with E-state index in [-0.39, 0.29) is 5.41 Å². The Morgan fingerprint density at radius 2 is 1.77 bits per heavy atom. The Morgan fingerprint density at radius 1 is 1.23 bits per heavy atom. The molecule has 0 unspecified atom stereocenters. The smallest absolute Gasteiger partial charge is 0.126 e. The fourth-order valence-electron chi connectivity index (χ4n) is 2.08. The van der Waals surface area contributed by atoms with E-state index in [2.05, 4.69) is 20.4 Å². The van der Waals surface area contributed by atoms with Gasteiger partial charge in [-0.25, -0.2) is 0 Å². The number of allylic oxidation sites excluding steroid dienone is 1. The molecule has 0 spiro atoms. The molecule has 0 aliphatic heterocycles. The highest BCUT2D eigenvalue weighted by atomic mass is 16.1. The molecule has 13 heavy (non-hydrogen) atoms. The molecule has 1 fully saturated rings. The highest BCUT2D eigenvalue weighted by Crippen LogP contribution is 2.45. The monoisotopic (exact) mass is 180 g/mol. The molecular weight excluding hydrogens is 160 g/mol. The SMILES string of the molecule is C=CCC1(C=O)CCC(C)(C)CC1. The van der Waals surface area contributed by atoms with E-state index in [4.69, 9.17) is 0 Å². The van der Waals surface area contributed by atoms with Crippen LogP contribution in [-0.2, 0) is 4.79 Å². The third-order valence-corrected chi connectivity index (χ3v) is 3.40. The summed E-state index contributed by atoms with van der Waals surface area (Å²) in [5, 5.41) is 0. The number of hydrogen-bond donors (Lipinski definition) is 0. The van der Waals surface area contributed by atoms with Crippen LogP contribution in [0.4, 0.5) is 0 Å². The van der Waals surface area contributed by atoms with Gasteiger partial charge in [-0.2, -0.15) is 0 Å². The van der Waals surface area contributed by atoms with E-state index in [9.17, 15) is 4.79 Å². The lowest BCUT2D eigenvalue weighted by molar-refractivity contribution is -0.118. The van der Waals surface area contributed by atoms with Crippen molar-refractivity contribution >= 4 is 6.29 Å². The molecule has 0 radical (unpaired) electrons. The third-order valence-electron chi connectivity index (χ3n) is 3.40. The van der Waals surface area contributed by atoms with Crippen LogP contribution in [0.5, 0.6) is 0 Å². The van der Waals surface area contributed by atoms with Crippen molar-refractivity contribution in [2.45, 2.75) is 46.0 Å². The molecule has 0 atom stereocenters. The lowest BCUT2D eigenvalue weighted by atomic mass is 9.64. The topological polar surface area (TPSA) is 17.1 Å². The van der Waals surface area contributed by atoms with Gasteiger partial charge in [0.05, 0.1) is 0 Å². The van der Waals surface area contributed by atoms with E-state index in [1.165, 1.54) is 12.8 Å². The van der Waals surface area contributed by atoms with Crippen molar-refractivity contribution in [3.8, 4) is 0 Å². The molecule has 0 bridgehead atoms. The Hall–Kier alpha value is -0.590. The normalized spacial score (nSPS) is 25.1. The van der Waals surface area contributed by atoms with Crippen molar-refractivity contribution in [2.24, 2.45) is 10.8 Å². The number of carbonyl (C=O) groups is 1. The number of carbonyl (C=O) groups excluding carboxylic acids is 1. The van der Waals surface area contributed by atoms with Crippen molar-refractivity contribution in [3.63, 3.8) is 0 Å². The van der Waals surface area contributed by atoms with E-state index < -0.39 is 0 Å². The second-order valence-electron chi connectivity index (χ2n) is 5.14. The third kappa shape index (κ3) is 2.43. The first-order chi connectivity index (χ1) is 6.04. The molecule has 1 heteroatoms. The standard InChI is InChI=1S/C12H20O/c1-4-5-12(10-13)8-6-11(2,3)7-9-12/h4,10H,1,5-9H2,2-3H3. The van der Waals surface area contributed by atoms with Crippen molar-refractivity contribution < 1.29 is 4.79 Å². The zero-order valence-electron chi connectivity index (χ0n) is 8.81. The molecule has 0 aromatic rings. The molecule has 0 aromatic heterocycles. The van der Waals surface area contributed by atoms with Gasteiger partial charge in [0.1, 0.15) is 6.29 Å². The molecule has 1 saturated carbocycles. The Labute approximate surface area is 81.2 Å². The highest BCUT2D eigenvalue weighted by Gasteiger charge is 2.36. The molecule has 0 saturated heterocycles. The van der Waals surface area contributed by atoms with Crippen molar-refractivity contribution in [1.29, 1.82) is 0 Å². The summed E-state index contributed by atoms with van der Waals surface area (Å²) >= 11 is 0. The van der Waals surface area contributed by atoms with Crippen molar-refractivity contribution in [2.75, 3.05) is 0 Å². The quantitative estimate of drug-likeness (QED) is 0.481. The number of hydrogen-bond acceptors (Lipinski definition) is 1. The Bertz CT molecular complexity index is 193. The predicted molar refractivity (Wildman–Crippen MR) is 55.6 cm³/mol. The predicted octanol–water partition coefficient (Wildman–Crippen LogP) is 3.35. The zero-order valence-corrected chi connectivity index (χ0v) is 8.81. The second-order valence-corrected chi connectivity index (χ2v) is 5.14. The van der Waals surface area contributed by atoms with Crippen LogP contribution in [0.25, 0.3) is 0 Å². The first-order valence-corrected chi connectivity index (χ1v) is 5.11. The zero-order chi connectivity index (χ0) is 9.95. The van der Waals surface area contributed by atoms with Crippen LogP contribution < -0.4 is 0 Å². The second kappa shape index (κ2) is 3.65. The van der Waals surface area contributed by atoms with Gasteiger partial charge in [0.2, 0.25) is 0 Å². The Morgan fingerprint density at radius 3 is 2.15 bits per heavy atom. The Balaban J connectivity index is 2.62. The van der Waals surface area contributed by atoms with Crippen LogP contribution >= 0.6 is 0 Å². The summed E-state index contributed by atoms with van der Waals surface area (Å²) in [7, 11) is 0. The largest absolute Gasteiger partial charge is 0.303 e. The maximum Gasteiger partial charge on any atom is 0.126 e. The van der Waals surface area contributed by atoms with Gasteiger partial charge in [0, 0.05) is 5.41 Å².